The van der Waals surface area contributed by atoms with Gasteiger partial charge in [0.05, 0.1) is 36.2 Å². The second-order valence-corrected chi connectivity index (χ2v) is 12.4. The van der Waals surface area contributed by atoms with Crippen molar-refractivity contribution in [2.45, 2.75) is 71.1 Å². The molecule has 1 unspecified atom stereocenters. The molecule has 5 atom stereocenters. The molecule has 0 bridgehead atoms. The molecule has 1 aliphatic rings. The Morgan fingerprint density at radius 1 is 1.26 bits per heavy atom. The van der Waals surface area contributed by atoms with Gasteiger partial charge in [0.25, 0.3) is 0 Å². The van der Waals surface area contributed by atoms with Crippen LogP contribution in [0.3, 0.4) is 0 Å². The topological polar surface area (TPSA) is 140 Å². The Kier molecular flexibility index (Phi) is 9.93. The second kappa shape index (κ2) is 13.7. The number of nitrogens with one attached hydrogen (secondary N) is 1. The molecule has 0 radical (unpaired) electrons. The number of carbonyl (C=O) groups excluding carboxylic acids is 2. The van der Waals surface area contributed by atoms with Crippen molar-refractivity contribution in [3.8, 4) is 12.3 Å². The van der Waals surface area contributed by atoms with E-state index in [1.54, 1.807) is 29.3 Å². The van der Waals surface area contributed by atoms with Crippen molar-refractivity contribution < 1.29 is 28.5 Å². The number of anilines is 1. The summed E-state index contributed by atoms with van der Waals surface area (Å²) in [5.74, 6) is 2.07. The summed E-state index contributed by atoms with van der Waals surface area (Å²) in [6.45, 7) is 8.63. The zero-order chi connectivity index (χ0) is 33.1. The van der Waals surface area contributed by atoms with Crippen LogP contribution in [-0.4, -0.2) is 67.9 Å². The molecule has 1 N–H and O–H groups in total. The first-order valence-corrected chi connectivity index (χ1v) is 16.0. The molecule has 5 rings (SSSR count). The van der Waals surface area contributed by atoms with Crippen LogP contribution in [0.2, 0.25) is 5.28 Å². The van der Waals surface area contributed by atoms with Crippen molar-refractivity contribution in [2.24, 2.45) is 5.41 Å². The van der Waals surface area contributed by atoms with Gasteiger partial charge in [-0.15, -0.1) is 17.8 Å². The van der Waals surface area contributed by atoms with E-state index in [0.29, 0.717) is 22.7 Å². The first-order chi connectivity index (χ1) is 22.0. The van der Waals surface area contributed by atoms with Gasteiger partial charge < -0.3 is 24.3 Å². The third kappa shape index (κ3) is 6.43. The van der Waals surface area contributed by atoms with Gasteiger partial charge in [-0.3, -0.25) is 9.36 Å². The third-order valence-electron chi connectivity index (χ3n) is 7.75. The molecule has 4 aromatic rings. The maximum atomic E-state index is 13.8. The molecular weight excluding hydrogens is 632 g/mol. The molecule has 3 aromatic heterocycles. The summed E-state index contributed by atoms with van der Waals surface area (Å²) in [5, 5.41) is 4.97. The van der Waals surface area contributed by atoms with Gasteiger partial charge in [0.15, 0.2) is 29.3 Å². The molecule has 1 aromatic carbocycles. The zero-order valence-corrected chi connectivity index (χ0v) is 27.7. The van der Waals surface area contributed by atoms with Crippen molar-refractivity contribution in [1.29, 1.82) is 0 Å². The summed E-state index contributed by atoms with van der Waals surface area (Å²) in [6, 6.07) is 9.48. The van der Waals surface area contributed by atoms with Gasteiger partial charge in [-0.05, 0) is 44.9 Å². The number of benzene rings is 1. The van der Waals surface area contributed by atoms with Crippen LogP contribution >= 0.6 is 22.9 Å². The summed E-state index contributed by atoms with van der Waals surface area (Å²) in [4.78, 5) is 43.9. The third-order valence-corrected chi connectivity index (χ3v) is 8.50. The van der Waals surface area contributed by atoms with Crippen molar-refractivity contribution in [2.75, 3.05) is 18.5 Å². The number of imidazole rings is 1. The normalized spacial score (nSPS) is 22.3. The summed E-state index contributed by atoms with van der Waals surface area (Å²) in [7, 11) is 0. The molecule has 0 spiro atoms. The predicted molar refractivity (Wildman–Crippen MR) is 172 cm³/mol. The smallest absolute Gasteiger partial charge is 0.345 e. The van der Waals surface area contributed by atoms with Gasteiger partial charge >= 0.3 is 11.9 Å². The summed E-state index contributed by atoms with van der Waals surface area (Å²) in [5.41, 5.74) is 0.797. The number of halogens is 1. The minimum Gasteiger partial charge on any atom is -0.464 e. The summed E-state index contributed by atoms with van der Waals surface area (Å²) in [6.07, 6.45) is 4.95. The Hall–Kier alpha value is -4.09. The highest BCUT2D eigenvalue weighted by molar-refractivity contribution is 7.07. The highest BCUT2D eigenvalue weighted by atomic mass is 35.5. The average Bonchev–Trinajstić information content (AvgIpc) is 3.75. The molecule has 0 saturated carbocycles. The van der Waals surface area contributed by atoms with E-state index in [1.807, 2.05) is 44.2 Å². The molecule has 1 fully saturated rings. The van der Waals surface area contributed by atoms with Crippen LogP contribution in [0.4, 0.5) is 5.82 Å². The summed E-state index contributed by atoms with van der Waals surface area (Å²) < 4.78 is 26.2. The first kappa shape index (κ1) is 33.3. The maximum Gasteiger partial charge on any atom is 0.345 e. The number of fused-ring (bicyclic) bond motifs is 1. The molecular formula is C32H35ClN6O6S. The Morgan fingerprint density at radius 2 is 2.02 bits per heavy atom. The molecule has 0 aliphatic carbocycles. The van der Waals surface area contributed by atoms with Crippen molar-refractivity contribution in [3.63, 3.8) is 0 Å². The van der Waals surface area contributed by atoms with E-state index in [2.05, 4.69) is 31.2 Å². The quantitative estimate of drug-likeness (QED) is 0.125. The van der Waals surface area contributed by atoms with Crippen LogP contribution in [0.25, 0.3) is 11.2 Å². The minimum atomic E-state index is -1.62. The van der Waals surface area contributed by atoms with E-state index in [0.717, 1.165) is 5.56 Å². The van der Waals surface area contributed by atoms with Crippen LogP contribution < -0.4 is 5.32 Å². The molecule has 1 aliphatic heterocycles. The Balaban J connectivity index is 1.56. The number of hydrogen-bond acceptors (Lipinski definition) is 12. The van der Waals surface area contributed by atoms with Gasteiger partial charge in [0, 0.05) is 24.8 Å². The number of nitrogens with zero attached hydrogens (tertiary/aromatic N) is 5. The van der Waals surface area contributed by atoms with Gasteiger partial charge in [0.1, 0.15) is 6.10 Å². The van der Waals surface area contributed by atoms with Gasteiger partial charge in [0.2, 0.25) is 10.9 Å². The fourth-order valence-corrected chi connectivity index (χ4v) is 6.26. The summed E-state index contributed by atoms with van der Waals surface area (Å²) >= 11 is 7.64. The van der Waals surface area contributed by atoms with E-state index < -0.39 is 41.4 Å². The molecule has 46 heavy (non-hydrogen) atoms. The number of ether oxygens (including phenoxy) is 4. The molecule has 242 valence electrons. The number of carbonyl (C=O) groups is 2. The number of thiazole rings is 1. The van der Waals surface area contributed by atoms with Crippen molar-refractivity contribution in [3.05, 3.63) is 64.1 Å². The minimum absolute atomic E-state index is 0.0116. The molecule has 12 nitrogen and oxygen atoms in total. The van der Waals surface area contributed by atoms with Crippen LogP contribution in [0.1, 0.15) is 52.1 Å². The Morgan fingerprint density at radius 3 is 2.65 bits per heavy atom. The predicted octanol–water partition coefficient (Wildman–Crippen LogP) is 4.94. The number of esters is 2. The lowest BCUT2D eigenvalue weighted by molar-refractivity contribution is -0.182. The number of terminal acetylenes is 1. The van der Waals surface area contributed by atoms with Crippen LogP contribution in [-0.2, 0) is 40.6 Å². The van der Waals surface area contributed by atoms with Gasteiger partial charge in [-0.2, -0.15) is 9.97 Å². The Labute approximate surface area is 275 Å². The lowest BCUT2D eigenvalue weighted by Gasteiger charge is -2.34. The van der Waals surface area contributed by atoms with E-state index in [4.69, 9.17) is 37.0 Å². The van der Waals surface area contributed by atoms with E-state index in [1.165, 1.54) is 24.6 Å². The lowest BCUT2D eigenvalue weighted by Crippen LogP contribution is -2.47. The largest absolute Gasteiger partial charge is 0.464 e. The number of rotatable bonds is 12. The Bertz CT molecular complexity index is 1730. The van der Waals surface area contributed by atoms with Gasteiger partial charge in [-0.1, -0.05) is 36.3 Å². The van der Waals surface area contributed by atoms with Crippen LogP contribution in [0.5, 0.6) is 0 Å². The van der Waals surface area contributed by atoms with Crippen LogP contribution in [0, 0.1) is 17.8 Å². The van der Waals surface area contributed by atoms with Crippen molar-refractivity contribution in [1.82, 2.24) is 24.5 Å². The van der Waals surface area contributed by atoms with Gasteiger partial charge in [-0.25, -0.2) is 14.8 Å². The highest BCUT2D eigenvalue weighted by Crippen LogP contribution is 2.47. The van der Waals surface area contributed by atoms with E-state index >= 15 is 0 Å². The van der Waals surface area contributed by atoms with Crippen molar-refractivity contribution >= 4 is 51.9 Å². The molecule has 14 heteroatoms. The number of aromatic nitrogens is 5. The van der Waals surface area contributed by atoms with E-state index in [9.17, 15) is 9.59 Å². The lowest BCUT2D eigenvalue weighted by atomic mass is 9.81. The first-order valence-electron chi connectivity index (χ1n) is 14.7. The fourth-order valence-electron chi connectivity index (χ4n) is 5.48. The zero-order valence-electron chi connectivity index (χ0n) is 26.1. The number of hydrogen-bond donors (Lipinski definition) is 1. The molecule has 4 heterocycles. The van der Waals surface area contributed by atoms with Crippen LogP contribution in [0.15, 0.2) is 47.5 Å². The SMILES string of the molecule is C#C[C@@]1(C)[C@@H](COC(Cc2ccccc2)(C(=O)OCC)c2cscn2)O[C@@H](n2cnc3c(NC(C)C)nc(Cl)nc32)[C@@H]1OC(C)=O. The molecule has 0 amide bonds. The van der Waals surface area contributed by atoms with E-state index in [-0.39, 0.29) is 31.0 Å². The maximum absolute atomic E-state index is 13.8. The fraction of sp³-hybridized carbons (Fsp3) is 0.438. The second-order valence-electron chi connectivity index (χ2n) is 11.3. The highest BCUT2D eigenvalue weighted by Gasteiger charge is 2.57. The standard InChI is InChI=1S/C32H35ClN6O6S/c1-7-31(6)23(15-43-32(29(41)42-8-2,22-16-46-18-35-22)14-21-12-10-9-11-13-21)45-28(25(31)44-20(5)40)39-17-34-24-26(36-19(3)4)37-30(33)38-27(24)39/h1,9-13,16-19,23,25,28H,8,14-15H2,2-6H3,(H,36,37,38)/t23-,25+,28-,31+,32?/m1/s1. The average molecular weight is 667 g/mol. The monoisotopic (exact) mass is 666 g/mol. The molecule has 1 saturated heterocycles.